The summed E-state index contributed by atoms with van der Waals surface area (Å²) in [5.74, 6) is 0.332. The molecule has 3 N–H and O–H groups in total. The molecule has 0 aliphatic heterocycles. The second kappa shape index (κ2) is 6.34. The van der Waals surface area contributed by atoms with E-state index in [1.165, 1.54) is 12.1 Å². The summed E-state index contributed by atoms with van der Waals surface area (Å²) in [6, 6.07) is 3.84. The third-order valence-corrected chi connectivity index (χ3v) is 3.34. The van der Waals surface area contributed by atoms with E-state index in [1.54, 1.807) is 0 Å². The number of carbonyl (C=O) groups excluding carboxylic acids is 1. The van der Waals surface area contributed by atoms with Crippen molar-refractivity contribution in [2.45, 2.75) is 31.5 Å². The van der Waals surface area contributed by atoms with Crippen LogP contribution in [-0.2, 0) is 6.18 Å². The highest BCUT2D eigenvalue weighted by Gasteiger charge is 2.30. The highest BCUT2D eigenvalue weighted by molar-refractivity contribution is 5.89. The third-order valence-electron chi connectivity index (χ3n) is 3.34. The Morgan fingerprint density at radius 3 is 2.71 bits per heavy atom. The lowest BCUT2D eigenvalue weighted by molar-refractivity contribution is -0.137. The van der Waals surface area contributed by atoms with Gasteiger partial charge in [-0.05, 0) is 43.4 Å². The van der Waals surface area contributed by atoms with Crippen LogP contribution in [0.1, 0.15) is 24.8 Å². The summed E-state index contributed by atoms with van der Waals surface area (Å²) in [7, 11) is 0. The first-order chi connectivity index (χ1) is 9.86. The predicted octanol–water partition coefficient (Wildman–Crippen LogP) is 2.99. The molecule has 0 aromatic heterocycles. The number of halogens is 3. The molecule has 0 heterocycles. The van der Waals surface area contributed by atoms with Gasteiger partial charge in [-0.15, -0.1) is 0 Å². The van der Waals surface area contributed by atoms with E-state index < -0.39 is 23.9 Å². The lowest BCUT2D eigenvalue weighted by atomic mass is 10.2. The molecule has 0 saturated heterocycles. The van der Waals surface area contributed by atoms with Crippen LogP contribution in [-0.4, -0.2) is 23.8 Å². The number of aliphatic hydroxyl groups is 1. The van der Waals surface area contributed by atoms with E-state index in [4.69, 9.17) is 0 Å². The van der Waals surface area contributed by atoms with Gasteiger partial charge in [-0.1, -0.05) is 6.07 Å². The zero-order valence-electron chi connectivity index (χ0n) is 11.3. The van der Waals surface area contributed by atoms with Crippen molar-refractivity contribution >= 4 is 11.7 Å². The molecule has 7 heteroatoms. The Morgan fingerprint density at radius 1 is 1.38 bits per heavy atom. The first kappa shape index (κ1) is 15.6. The standard InChI is InChI=1S/C14H17F3N2O2/c15-14(16,17)10-2-1-3-11(8-10)19-13(21)18-7-6-12(20)9-4-5-9/h1-3,8-9,12,20H,4-7H2,(H2,18,19,21). The zero-order valence-corrected chi connectivity index (χ0v) is 11.3. The van der Waals surface area contributed by atoms with Gasteiger partial charge in [-0.2, -0.15) is 13.2 Å². The minimum absolute atomic E-state index is 0.0741. The number of urea groups is 1. The SMILES string of the molecule is O=C(NCCC(O)C1CC1)Nc1cccc(C(F)(F)F)c1. The highest BCUT2D eigenvalue weighted by atomic mass is 19.4. The Bertz CT molecular complexity index is 501. The molecule has 1 fully saturated rings. The maximum atomic E-state index is 12.5. The third kappa shape index (κ3) is 4.93. The van der Waals surface area contributed by atoms with Crippen LogP contribution in [0, 0.1) is 5.92 Å². The molecule has 1 aliphatic carbocycles. The summed E-state index contributed by atoms with van der Waals surface area (Å²) in [6.07, 6.45) is -2.39. The molecular weight excluding hydrogens is 285 g/mol. The van der Waals surface area contributed by atoms with E-state index in [2.05, 4.69) is 10.6 Å². The molecule has 21 heavy (non-hydrogen) atoms. The highest BCUT2D eigenvalue weighted by Crippen LogP contribution is 2.33. The van der Waals surface area contributed by atoms with Crippen molar-refractivity contribution in [2.75, 3.05) is 11.9 Å². The maximum absolute atomic E-state index is 12.5. The number of nitrogens with one attached hydrogen (secondary N) is 2. The zero-order chi connectivity index (χ0) is 15.5. The molecule has 1 saturated carbocycles. The second-order valence-electron chi connectivity index (χ2n) is 5.15. The quantitative estimate of drug-likeness (QED) is 0.783. The summed E-state index contributed by atoms with van der Waals surface area (Å²) in [5.41, 5.74) is -0.741. The smallest absolute Gasteiger partial charge is 0.393 e. The van der Waals surface area contributed by atoms with E-state index in [0.29, 0.717) is 12.3 Å². The van der Waals surface area contributed by atoms with E-state index in [-0.39, 0.29) is 12.2 Å². The molecule has 1 aromatic carbocycles. The first-order valence-electron chi connectivity index (χ1n) is 6.76. The van der Waals surface area contributed by atoms with Gasteiger partial charge in [-0.25, -0.2) is 4.79 Å². The monoisotopic (exact) mass is 302 g/mol. The maximum Gasteiger partial charge on any atom is 0.416 e. The van der Waals surface area contributed by atoms with E-state index in [9.17, 15) is 23.1 Å². The van der Waals surface area contributed by atoms with Gasteiger partial charge in [0, 0.05) is 12.2 Å². The molecule has 1 aliphatic rings. The molecule has 1 atom stereocenters. The molecule has 2 rings (SSSR count). The Labute approximate surface area is 120 Å². The van der Waals surface area contributed by atoms with Crippen molar-refractivity contribution in [3.05, 3.63) is 29.8 Å². The fourth-order valence-electron chi connectivity index (χ4n) is 2.00. The number of anilines is 1. The van der Waals surface area contributed by atoms with Crippen LogP contribution >= 0.6 is 0 Å². The fraction of sp³-hybridized carbons (Fsp3) is 0.500. The van der Waals surface area contributed by atoms with Crippen LogP contribution in [0.4, 0.5) is 23.7 Å². The van der Waals surface area contributed by atoms with Gasteiger partial charge < -0.3 is 15.7 Å². The van der Waals surface area contributed by atoms with Gasteiger partial charge in [0.15, 0.2) is 0 Å². The molecule has 2 amide bonds. The fourth-order valence-corrected chi connectivity index (χ4v) is 2.00. The lowest BCUT2D eigenvalue weighted by Gasteiger charge is -2.12. The number of carbonyl (C=O) groups is 1. The minimum Gasteiger partial charge on any atom is -0.393 e. The second-order valence-corrected chi connectivity index (χ2v) is 5.15. The molecule has 0 bridgehead atoms. The van der Waals surface area contributed by atoms with Gasteiger partial charge in [0.1, 0.15) is 0 Å². The number of rotatable bonds is 5. The number of hydrogen-bond donors (Lipinski definition) is 3. The van der Waals surface area contributed by atoms with E-state index in [0.717, 1.165) is 25.0 Å². The van der Waals surface area contributed by atoms with Crippen molar-refractivity contribution < 1.29 is 23.1 Å². The average Bonchev–Trinajstić information content (AvgIpc) is 3.22. The van der Waals surface area contributed by atoms with Crippen LogP contribution in [0.25, 0.3) is 0 Å². The van der Waals surface area contributed by atoms with Crippen molar-refractivity contribution in [3.8, 4) is 0 Å². The summed E-state index contributed by atoms with van der Waals surface area (Å²) >= 11 is 0. The number of hydrogen-bond acceptors (Lipinski definition) is 2. The Balaban J connectivity index is 1.79. The number of benzene rings is 1. The Morgan fingerprint density at radius 2 is 2.10 bits per heavy atom. The molecule has 0 spiro atoms. The molecule has 1 unspecified atom stereocenters. The van der Waals surface area contributed by atoms with Crippen LogP contribution < -0.4 is 10.6 Å². The summed E-state index contributed by atoms with van der Waals surface area (Å²) in [4.78, 5) is 11.6. The van der Waals surface area contributed by atoms with Crippen LogP contribution in [0.2, 0.25) is 0 Å². The van der Waals surface area contributed by atoms with Gasteiger partial charge in [0.05, 0.1) is 11.7 Å². The summed E-state index contributed by atoms with van der Waals surface area (Å²) < 4.78 is 37.6. The van der Waals surface area contributed by atoms with Crippen molar-refractivity contribution in [3.63, 3.8) is 0 Å². The number of amides is 2. The van der Waals surface area contributed by atoms with Gasteiger partial charge in [0.25, 0.3) is 0 Å². The first-order valence-corrected chi connectivity index (χ1v) is 6.76. The lowest BCUT2D eigenvalue weighted by Crippen LogP contribution is -2.31. The predicted molar refractivity (Wildman–Crippen MR) is 71.8 cm³/mol. The Hall–Kier alpha value is -1.76. The van der Waals surface area contributed by atoms with Crippen LogP contribution in [0.5, 0.6) is 0 Å². The van der Waals surface area contributed by atoms with Gasteiger partial charge >= 0.3 is 12.2 Å². The van der Waals surface area contributed by atoms with E-state index in [1.807, 2.05) is 0 Å². The van der Waals surface area contributed by atoms with Gasteiger partial charge in [-0.3, -0.25) is 0 Å². The molecule has 0 radical (unpaired) electrons. The van der Waals surface area contributed by atoms with E-state index >= 15 is 0 Å². The molecule has 1 aromatic rings. The number of alkyl halides is 3. The largest absolute Gasteiger partial charge is 0.416 e. The van der Waals surface area contributed by atoms with Crippen molar-refractivity contribution in [1.82, 2.24) is 5.32 Å². The number of aliphatic hydroxyl groups excluding tert-OH is 1. The normalized spacial score (nSPS) is 16.4. The Kier molecular flexibility index (Phi) is 4.72. The average molecular weight is 302 g/mol. The van der Waals surface area contributed by atoms with Crippen molar-refractivity contribution in [1.29, 1.82) is 0 Å². The van der Waals surface area contributed by atoms with Crippen LogP contribution in [0.3, 0.4) is 0 Å². The van der Waals surface area contributed by atoms with Crippen LogP contribution in [0.15, 0.2) is 24.3 Å². The summed E-state index contributed by atoms with van der Waals surface area (Å²) in [5, 5.41) is 14.5. The van der Waals surface area contributed by atoms with Crippen molar-refractivity contribution in [2.24, 2.45) is 5.92 Å². The molecular formula is C14H17F3N2O2. The van der Waals surface area contributed by atoms with Gasteiger partial charge in [0.2, 0.25) is 0 Å². The molecule has 116 valence electrons. The molecule has 4 nitrogen and oxygen atoms in total. The minimum atomic E-state index is -4.44. The summed E-state index contributed by atoms with van der Waals surface area (Å²) in [6.45, 7) is 0.280. The topological polar surface area (TPSA) is 61.4 Å².